The van der Waals surface area contributed by atoms with Crippen molar-refractivity contribution in [2.24, 2.45) is 0 Å². The average Bonchev–Trinajstić information content (AvgIpc) is 2.66. The number of non-ortho nitro benzene ring substituents is 1. The maximum Gasteiger partial charge on any atom is 0.341 e. The lowest BCUT2D eigenvalue weighted by Crippen LogP contribution is -2.25. The molecule has 0 aliphatic heterocycles. The van der Waals surface area contributed by atoms with Crippen molar-refractivity contribution in [3.8, 4) is 0 Å². The van der Waals surface area contributed by atoms with E-state index in [2.05, 4.69) is 5.32 Å². The van der Waals surface area contributed by atoms with E-state index in [-0.39, 0.29) is 35.7 Å². The minimum atomic E-state index is -1.19. The third kappa shape index (κ3) is 5.08. The molecule has 0 saturated heterocycles. The minimum Gasteiger partial charge on any atom is -0.451 e. The Morgan fingerprint density at radius 1 is 1.26 bits per heavy atom. The van der Waals surface area contributed by atoms with E-state index < -0.39 is 28.6 Å². The summed E-state index contributed by atoms with van der Waals surface area (Å²) < 4.78 is 18.1. The van der Waals surface area contributed by atoms with Gasteiger partial charge in [0.1, 0.15) is 5.82 Å². The van der Waals surface area contributed by atoms with Crippen LogP contribution in [0.4, 0.5) is 15.8 Å². The van der Waals surface area contributed by atoms with Gasteiger partial charge in [-0.1, -0.05) is 0 Å². The number of aliphatic hydroxyl groups excluding tert-OH is 1. The highest BCUT2D eigenvalue weighted by molar-refractivity contribution is 6.02. The first-order chi connectivity index (χ1) is 12.8. The van der Waals surface area contributed by atoms with Crippen molar-refractivity contribution in [3.05, 3.63) is 69.5 Å². The van der Waals surface area contributed by atoms with Crippen molar-refractivity contribution < 1.29 is 28.7 Å². The molecule has 0 saturated carbocycles. The zero-order valence-corrected chi connectivity index (χ0v) is 14.3. The third-order valence-electron chi connectivity index (χ3n) is 3.64. The first kappa shape index (κ1) is 20.0. The number of ketones is 1. The fraction of sp³-hybridized carbons (Fsp3) is 0.222. The fourth-order valence-electron chi connectivity index (χ4n) is 2.29. The molecule has 0 aliphatic rings. The van der Waals surface area contributed by atoms with Crippen molar-refractivity contribution in [3.63, 3.8) is 0 Å². The zero-order valence-electron chi connectivity index (χ0n) is 14.3. The number of ether oxygens (including phenoxy) is 1. The molecule has 0 radical (unpaired) electrons. The van der Waals surface area contributed by atoms with E-state index in [0.717, 1.165) is 18.2 Å². The summed E-state index contributed by atoms with van der Waals surface area (Å²) in [5, 5.41) is 22.6. The van der Waals surface area contributed by atoms with E-state index in [4.69, 9.17) is 9.84 Å². The van der Waals surface area contributed by atoms with E-state index in [1.54, 1.807) is 0 Å². The van der Waals surface area contributed by atoms with Crippen LogP contribution in [0.15, 0.2) is 42.5 Å². The van der Waals surface area contributed by atoms with Crippen molar-refractivity contribution in [1.82, 2.24) is 0 Å². The number of nitro groups is 1. The molecule has 0 spiro atoms. The second-order valence-corrected chi connectivity index (χ2v) is 5.56. The van der Waals surface area contributed by atoms with Gasteiger partial charge in [-0.05, 0) is 37.3 Å². The van der Waals surface area contributed by atoms with Crippen LogP contribution in [-0.4, -0.2) is 41.0 Å². The molecule has 2 rings (SSSR count). The summed E-state index contributed by atoms with van der Waals surface area (Å²) in [5.74, 6) is -1.99. The highest BCUT2D eigenvalue weighted by Crippen LogP contribution is 2.24. The molecule has 0 unspecified atom stereocenters. The number of rotatable bonds is 8. The SMILES string of the molecule is C[C@H](OC(=O)c1cc([N+](=O)[O-])ccc1NCCO)C(=O)c1ccc(F)cc1. The van der Waals surface area contributed by atoms with Crippen LogP contribution in [0.3, 0.4) is 0 Å². The van der Waals surface area contributed by atoms with Crippen molar-refractivity contribution in [2.75, 3.05) is 18.5 Å². The molecule has 0 amide bonds. The molecule has 2 N–H and O–H groups in total. The summed E-state index contributed by atoms with van der Waals surface area (Å²) in [6.07, 6.45) is -1.19. The van der Waals surface area contributed by atoms with Crippen molar-refractivity contribution in [2.45, 2.75) is 13.0 Å². The first-order valence-electron chi connectivity index (χ1n) is 7.97. The Bertz CT molecular complexity index is 853. The normalized spacial score (nSPS) is 11.5. The predicted octanol–water partition coefficient (Wildman–Crippen LogP) is 2.57. The van der Waals surface area contributed by atoms with Gasteiger partial charge in [-0.2, -0.15) is 0 Å². The summed E-state index contributed by atoms with van der Waals surface area (Å²) >= 11 is 0. The number of hydrogen-bond acceptors (Lipinski definition) is 7. The van der Waals surface area contributed by atoms with Gasteiger partial charge >= 0.3 is 5.97 Å². The highest BCUT2D eigenvalue weighted by atomic mass is 19.1. The van der Waals surface area contributed by atoms with E-state index in [9.17, 15) is 24.1 Å². The van der Waals surface area contributed by atoms with Gasteiger partial charge in [0.2, 0.25) is 5.78 Å². The van der Waals surface area contributed by atoms with Crippen LogP contribution < -0.4 is 5.32 Å². The molecule has 0 bridgehead atoms. The Kier molecular flexibility index (Phi) is 6.56. The molecule has 2 aromatic carbocycles. The van der Waals surface area contributed by atoms with Crippen molar-refractivity contribution in [1.29, 1.82) is 0 Å². The van der Waals surface area contributed by atoms with E-state index in [1.165, 1.54) is 31.2 Å². The lowest BCUT2D eigenvalue weighted by molar-refractivity contribution is -0.384. The lowest BCUT2D eigenvalue weighted by atomic mass is 10.1. The van der Waals surface area contributed by atoms with Crippen LogP contribution in [0.5, 0.6) is 0 Å². The molecule has 0 fully saturated rings. The second kappa shape index (κ2) is 8.86. The fourth-order valence-corrected chi connectivity index (χ4v) is 2.29. The van der Waals surface area contributed by atoms with Gasteiger partial charge in [-0.15, -0.1) is 0 Å². The van der Waals surface area contributed by atoms with Crippen LogP contribution >= 0.6 is 0 Å². The number of aliphatic hydroxyl groups is 1. The number of nitrogens with zero attached hydrogens (tertiary/aromatic N) is 1. The summed E-state index contributed by atoms with van der Waals surface area (Å²) in [4.78, 5) is 35.0. The lowest BCUT2D eigenvalue weighted by Gasteiger charge is -2.15. The molecule has 0 aromatic heterocycles. The molecule has 9 heteroatoms. The molecule has 0 heterocycles. The van der Waals surface area contributed by atoms with Gasteiger partial charge < -0.3 is 15.2 Å². The summed E-state index contributed by atoms with van der Waals surface area (Å²) in [6, 6.07) is 8.29. The topological polar surface area (TPSA) is 119 Å². The Hall–Kier alpha value is -3.33. The maximum absolute atomic E-state index is 13.0. The number of carbonyl (C=O) groups is 2. The Balaban J connectivity index is 2.22. The number of hydrogen-bond donors (Lipinski definition) is 2. The molecule has 1 atom stereocenters. The molecular formula is C18H17FN2O6. The number of nitrogens with one attached hydrogen (secondary N) is 1. The van der Waals surface area contributed by atoms with Gasteiger partial charge in [-0.3, -0.25) is 14.9 Å². The quantitative estimate of drug-likeness (QED) is 0.314. The number of carbonyl (C=O) groups excluding carboxylic acids is 2. The van der Waals surface area contributed by atoms with Crippen LogP contribution in [-0.2, 0) is 4.74 Å². The summed E-state index contributed by atoms with van der Waals surface area (Å²) in [6.45, 7) is 1.24. The maximum atomic E-state index is 13.0. The Morgan fingerprint density at radius 3 is 2.52 bits per heavy atom. The average molecular weight is 376 g/mol. The number of halogens is 1. The van der Waals surface area contributed by atoms with Gasteiger partial charge in [-0.25, -0.2) is 9.18 Å². The molecule has 8 nitrogen and oxygen atoms in total. The largest absolute Gasteiger partial charge is 0.451 e. The monoisotopic (exact) mass is 376 g/mol. The number of nitro benzene ring substituents is 1. The van der Waals surface area contributed by atoms with Crippen LogP contribution in [0.25, 0.3) is 0 Å². The number of benzene rings is 2. The predicted molar refractivity (Wildman–Crippen MR) is 94.3 cm³/mol. The minimum absolute atomic E-state index is 0.113. The second-order valence-electron chi connectivity index (χ2n) is 5.56. The molecule has 2 aromatic rings. The summed E-state index contributed by atoms with van der Waals surface area (Å²) in [5.41, 5.74) is -0.0825. The van der Waals surface area contributed by atoms with E-state index >= 15 is 0 Å². The smallest absolute Gasteiger partial charge is 0.341 e. The van der Waals surface area contributed by atoms with Gasteiger partial charge in [0, 0.05) is 29.9 Å². The van der Waals surface area contributed by atoms with Crippen LogP contribution in [0, 0.1) is 15.9 Å². The van der Waals surface area contributed by atoms with E-state index in [1.807, 2.05) is 0 Å². The molecule has 0 aliphatic carbocycles. The number of esters is 1. The van der Waals surface area contributed by atoms with E-state index in [0.29, 0.717) is 0 Å². The van der Waals surface area contributed by atoms with Crippen molar-refractivity contribution >= 4 is 23.1 Å². The Morgan fingerprint density at radius 2 is 1.93 bits per heavy atom. The third-order valence-corrected chi connectivity index (χ3v) is 3.64. The molecule has 27 heavy (non-hydrogen) atoms. The highest BCUT2D eigenvalue weighted by Gasteiger charge is 2.24. The zero-order chi connectivity index (χ0) is 20.0. The van der Waals surface area contributed by atoms with Crippen LogP contribution in [0.2, 0.25) is 0 Å². The Labute approximate surface area is 153 Å². The number of anilines is 1. The molecule has 142 valence electrons. The van der Waals surface area contributed by atoms with Gasteiger partial charge in [0.25, 0.3) is 5.69 Å². The summed E-state index contributed by atoms with van der Waals surface area (Å²) in [7, 11) is 0. The van der Waals surface area contributed by atoms with Crippen LogP contribution in [0.1, 0.15) is 27.6 Å². The standard InChI is InChI=1S/C18H17FN2O6/c1-11(17(23)12-2-4-13(19)5-3-12)27-18(24)15-10-14(21(25)26)6-7-16(15)20-8-9-22/h2-7,10-11,20,22H,8-9H2,1H3/t11-/m0/s1. The van der Waals surface area contributed by atoms with Gasteiger partial charge in [0.05, 0.1) is 17.1 Å². The van der Waals surface area contributed by atoms with Gasteiger partial charge in [0.15, 0.2) is 6.10 Å². The molecular weight excluding hydrogens is 359 g/mol. The number of Topliss-reactive ketones (excluding diaryl/α,β-unsaturated/α-hetero) is 1. The first-order valence-corrected chi connectivity index (χ1v) is 7.97.